The molecule has 258 valence electrons. The Morgan fingerprint density at radius 2 is 1.53 bits per heavy atom. The van der Waals surface area contributed by atoms with Gasteiger partial charge in [0.15, 0.2) is 6.10 Å². The topological polar surface area (TPSA) is 76.4 Å². The van der Waals surface area contributed by atoms with Crippen LogP contribution in [0.25, 0.3) is 0 Å². The minimum absolute atomic E-state index is 0.0805. The Kier molecular flexibility index (Phi) is 9.39. The van der Waals surface area contributed by atoms with Crippen LogP contribution in [-0.2, 0) is 36.9 Å². The zero-order valence-corrected chi connectivity index (χ0v) is 24.4. The minimum atomic E-state index is -5.19. The second kappa shape index (κ2) is 12.4. The average molecular weight is 693 g/mol. The largest absolute Gasteiger partial charge is 0.436 e. The van der Waals surface area contributed by atoms with Gasteiger partial charge < -0.3 is 9.64 Å². The van der Waals surface area contributed by atoms with E-state index in [0.29, 0.717) is 30.0 Å². The van der Waals surface area contributed by atoms with E-state index in [1.807, 2.05) is 0 Å². The SMILES string of the molecule is Cc1cc2c(cc1C(F)(F)F)N(C(=O)OC(C)C(F)(F)F)CCCC2N(Cc1cc(C(F)(F)F)cc(C(F)(F)F)c1)c1nnn(C)n1. The lowest BCUT2D eigenvalue weighted by molar-refractivity contribution is -0.196. The molecule has 2 atom stereocenters. The average Bonchev–Trinajstić information content (AvgIpc) is 3.27. The van der Waals surface area contributed by atoms with Crippen molar-refractivity contribution >= 4 is 17.7 Å². The number of aromatic nitrogens is 4. The Morgan fingerprint density at radius 1 is 0.936 bits per heavy atom. The molecule has 8 nitrogen and oxygen atoms in total. The molecule has 0 aliphatic carbocycles. The highest BCUT2D eigenvalue weighted by Crippen LogP contribution is 2.44. The second-order valence-corrected chi connectivity index (χ2v) is 10.7. The Balaban J connectivity index is 1.91. The second-order valence-electron chi connectivity index (χ2n) is 10.7. The van der Waals surface area contributed by atoms with Crippen molar-refractivity contribution in [3.05, 3.63) is 63.7 Å². The number of anilines is 2. The predicted molar refractivity (Wildman–Crippen MR) is 139 cm³/mol. The number of amides is 1. The van der Waals surface area contributed by atoms with Crippen LogP contribution in [0.4, 0.5) is 69.1 Å². The number of benzene rings is 2. The highest BCUT2D eigenvalue weighted by molar-refractivity contribution is 5.89. The molecule has 1 aromatic heterocycles. The van der Waals surface area contributed by atoms with E-state index in [4.69, 9.17) is 0 Å². The predicted octanol–water partition coefficient (Wildman–Crippen LogP) is 8.01. The van der Waals surface area contributed by atoms with Crippen molar-refractivity contribution in [2.24, 2.45) is 7.05 Å². The van der Waals surface area contributed by atoms with Gasteiger partial charge in [-0.3, -0.25) is 4.90 Å². The van der Waals surface area contributed by atoms with Crippen LogP contribution in [0.2, 0.25) is 0 Å². The summed E-state index contributed by atoms with van der Waals surface area (Å²) >= 11 is 0. The standard InChI is InChI=1S/C27H24F12N6O2/c1-13-7-18-20(5-4-6-44(21(18)11-19(13)27(37,38)39)23(46)47-14(2)24(28,29)30)45(22-40-42-43(3)41-22)12-15-8-16(25(31,32)33)10-17(9-15)26(34,35)36/h7-11,14,20H,4-6,12H2,1-3H3. The molecule has 1 amide bonds. The first-order chi connectivity index (χ1) is 21.5. The van der Waals surface area contributed by atoms with Crippen molar-refractivity contribution in [2.75, 3.05) is 16.3 Å². The number of hydrogen-bond acceptors (Lipinski definition) is 6. The molecule has 2 aromatic carbocycles. The summed E-state index contributed by atoms with van der Waals surface area (Å²) in [4.78, 5) is 15.6. The quantitative estimate of drug-likeness (QED) is 0.252. The molecular formula is C27H24F12N6O2. The maximum Gasteiger partial charge on any atom is 0.425 e. The minimum Gasteiger partial charge on any atom is -0.436 e. The molecule has 1 aliphatic heterocycles. The smallest absolute Gasteiger partial charge is 0.425 e. The molecule has 4 rings (SSSR count). The summed E-state index contributed by atoms with van der Waals surface area (Å²) < 4.78 is 168. The molecule has 47 heavy (non-hydrogen) atoms. The summed E-state index contributed by atoms with van der Waals surface area (Å²) in [6.07, 6.45) is -24.9. The van der Waals surface area contributed by atoms with Gasteiger partial charge in [-0.25, -0.2) is 4.79 Å². The maximum absolute atomic E-state index is 14.0. The van der Waals surface area contributed by atoms with E-state index in [1.165, 1.54) is 7.05 Å². The third kappa shape index (κ3) is 8.01. The number of aryl methyl sites for hydroxylation is 2. The molecule has 0 saturated heterocycles. The number of rotatable bonds is 5. The van der Waals surface area contributed by atoms with Gasteiger partial charge in [0.05, 0.1) is 35.5 Å². The van der Waals surface area contributed by atoms with Crippen molar-refractivity contribution in [3.63, 3.8) is 0 Å². The molecule has 1 aliphatic rings. The molecule has 0 N–H and O–H groups in total. The molecule has 2 unspecified atom stereocenters. The molecule has 3 aromatic rings. The van der Waals surface area contributed by atoms with E-state index in [-0.39, 0.29) is 30.4 Å². The Hall–Kier alpha value is -4.26. The van der Waals surface area contributed by atoms with Crippen LogP contribution in [0, 0.1) is 6.92 Å². The molecular weight excluding hydrogens is 668 g/mol. The number of hydrogen-bond donors (Lipinski definition) is 0. The van der Waals surface area contributed by atoms with Crippen LogP contribution < -0.4 is 9.80 Å². The van der Waals surface area contributed by atoms with Crippen LogP contribution in [0.3, 0.4) is 0 Å². The number of tetrazole rings is 1. The number of ether oxygens (including phenoxy) is 1. The fourth-order valence-electron chi connectivity index (χ4n) is 5.06. The van der Waals surface area contributed by atoms with E-state index in [9.17, 15) is 57.5 Å². The van der Waals surface area contributed by atoms with Crippen LogP contribution in [0.1, 0.15) is 59.2 Å². The summed E-state index contributed by atoms with van der Waals surface area (Å²) in [5.41, 5.74) is -6.13. The van der Waals surface area contributed by atoms with Crippen LogP contribution in [0.15, 0.2) is 30.3 Å². The Morgan fingerprint density at radius 3 is 2.02 bits per heavy atom. The van der Waals surface area contributed by atoms with Gasteiger partial charge in [-0.05, 0) is 72.9 Å². The van der Waals surface area contributed by atoms with Gasteiger partial charge in [0.1, 0.15) is 0 Å². The third-order valence-electron chi connectivity index (χ3n) is 7.28. The molecule has 0 bridgehead atoms. The summed E-state index contributed by atoms with van der Waals surface area (Å²) in [7, 11) is 1.29. The highest BCUT2D eigenvalue weighted by Gasteiger charge is 2.43. The summed E-state index contributed by atoms with van der Waals surface area (Å²) in [5.74, 6) is -0.353. The summed E-state index contributed by atoms with van der Waals surface area (Å²) in [6, 6.07) is 1.10. The molecule has 20 heteroatoms. The van der Waals surface area contributed by atoms with E-state index >= 15 is 0 Å². The number of alkyl halides is 12. The van der Waals surface area contributed by atoms with Gasteiger partial charge in [0.2, 0.25) is 0 Å². The molecule has 0 saturated carbocycles. The fourth-order valence-corrected chi connectivity index (χ4v) is 5.06. The van der Waals surface area contributed by atoms with Gasteiger partial charge in [-0.15, -0.1) is 5.10 Å². The van der Waals surface area contributed by atoms with Crippen molar-refractivity contribution in [3.8, 4) is 0 Å². The Labute approximate surface area is 257 Å². The lowest BCUT2D eigenvalue weighted by Gasteiger charge is -2.33. The molecule has 2 heterocycles. The van der Waals surface area contributed by atoms with E-state index < -0.39 is 89.5 Å². The summed E-state index contributed by atoms with van der Waals surface area (Å²) in [6.45, 7) is 0.351. The van der Waals surface area contributed by atoms with Crippen LogP contribution in [-0.4, -0.2) is 45.1 Å². The molecule has 0 fully saturated rings. The fraction of sp³-hybridized carbons (Fsp3) is 0.481. The highest BCUT2D eigenvalue weighted by atomic mass is 19.4. The van der Waals surface area contributed by atoms with Gasteiger partial charge in [0, 0.05) is 13.1 Å². The number of nitrogens with zero attached hydrogens (tertiary/aromatic N) is 6. The lowest BCUT2D eigenvalue weighted by atomic mass is 9.94. The van der Waals surface area contributed by atoms with Crippen molar-refractivity contribution in [1.82, 2.24) is 20.2 Å². The van der Waals surface area contributed by atoms with E-state index in [1.54, 1.807) is 0 Å². The van der Waals surface area contributed by atoms with Gasteiger partial charge in [-0.2, -0.15) is 57.5 Å². The molecule has 0 radical (unpaired) electrons. The number of fused-ring (bicyclic) bond motifs is 1. The monoisotopic (exact) mass is 692 g/mol. The lowest BCUT2D eigenvalue weighted by Crippen LogP contribution is -2.39. The van der Waals surface area contributed by atoms with Crippen LogP contribution in [0.5, 0.6) is 0 Å². The van der Waals surface area contributed by atoms with Crippen molar-refractivity contribution < 1.29 is 62.2 Å². The van der Waals surface area contributed by atoms with Gasteiger partial charge in [-0.1, -0.05) is 11.2 Å². The van der Waals surface area contributed by atoms with Gasteiger partial charge >= 0.3 is 30.8 Å². The first-order valence-electron chi connectivity index (χ1n) is 13.5. The third-order valence-corrected chi connectivity index (χ3v) is 7.28. The van der Waals surface area contributed by atoms with E-state index in [0.717, 1.165) is 22.7 Å². The first kappa shape index (κ1) is 35.6. The Bertz CT molecular complexity index is 1580. The zero-order chi connectivity index (χ0) is 35.3. The summed E-state index contributed by atoms with van der Waals surface area (Å²) in [5, 5.41) is 11.4. The number of carbonyl (C=O) groups is 1. The van der Waals surface area contributed by atoms with Crippen molar-refractivity contribution in [2.45, 2.75) is 70.1 Å². The zero-order valence-electron chi connectivity index (χ0n) is 24.4. The number of halogens is 12. The molecule has 0 spiro atoms. The van der Waals surface area contributed by atoms with E-state index in [2.05, 4.69) is 20.1 Å². The van der Waals surface area contributed by atoms with Gasteiger partial charge in [0.25, 0.3) is 5.95 Å². The first-order valence-corrected chi connectivity index (χ1v) is 13.5. The van der Waals surface area contributed by atoms with Crippen LogP contribution >= 0.6 is 0 Å². The normalized spacial score (nSPS) is 16.8. The van der Waals surface area contributed by atoms with Crippen molar-refractivity contribution in [1.29, 1.82) is 0 Å². The maximum atomic E-state index is 14.0. The number of carbonyl (C=O) groups excluding carboxylic acids is 1.